The quantitative estimate of drug-likeness (QED) is 0.649. The molecule has 0 amide bonds. The molecule has 0 radical (unpaired) electrons. The third-order valence-corrected chi connectivity index (χ3v) is 2.02. The van der Waals surface area contributed by atoms with Crippen LogP contribution in [0.25, 0.3) is 0 Å². The van der Waals surface area contributed by atoms with Crippen LogP contribution >= 0.6 is 0 Å². The van der Waals surface area contributed by atoms with E-state index in [2.05, 4.69) is 15.5 Å². The molecule has 4 nitrogen and oxygen atoms in total. The molecule has 1 aromatic rings. The number of morpholine rings is 1. The van der Waals surface area contributed by atoms with E-state index in [4.69, 9.17) is 4.74 Å². The molecule has 0 aliphatic carbocycles. The highest BCUT2D eigenvalue weighted by Crippen LogP contribution is 2.04. The van der Waals surface area contributed by atoms with Crippen molar-refractivity contribution in [2.45, 2.75) is 12.5 Å². The number of hydrogen-bond acceptors (Lipinski definition) is 3. The molecular formula is C8H13N3O. The number of rotatable bonds is 2. The summed E-state index contributed by atoms with van der Waals surface area (Å²) in [5, 5.41) is 9.97. The van der Waals surface area contributed by atoms with E-state index in [1.54, 1.807) is 0 Å². The largest absolute Gasteiger partial charge is 0.375 e. The van der Waals surface area contributed by atoms with Crippen molar-refractivity contribution < 1.29 is 4.74 Å². The molecule has 1 atom stereocenters. The van der Waals surface area contributed by atoms with Crippen LogP contribution in [0.1, 0.15) is 5.56 Å². The first kappa shape index (κ1) is 7.76. The monoisotopic (exact) mass is 167 g/mol. The smallest absolute Gasteiger partial charge is 0.0741 e. The van der Waals surface area contributed by atoms with E-state index in [1.165, 1.54) is 5.56 Å². The van der Waals surface area contributed by atoms with E-state index < -0.39 is 0 Å². The predicted molar refractivity (Wildman–Crippen MR) is 44.9 cm³/mol. The van der Waals surface area contributed by atoms with Gasteiger partial charge in [-0.15, -0.1) is 0 Å². The molecule has 1 aromatic heterocycles. The number of nitrogens with zero attached hydrogens (tertiary/aromatic N) is 1. The minimum absolute atomic E-state index is 0.316. The molecule has 0 aromatic carbocycles. The van der Waals surface area contributed by atoms with Gasteiger partial charge >= 0.3 is 0 Å². The summed E-state index contributed by atoms with van der Waals surface area (Å²) in [7, 11) is 0. The fourth-order valence-corrected chi connectivity index (χ4v) is 1.40. The molecule has 1 fully saturated rings. The van der Waals surface area contributed by atoms with E-state index in [0.29, 0.717) is 6.10 Å². The fraction of sp³-hybridized carbons (Fsp3) is 0.625. The normalized spacial score (nSPS) is 24.2. The Labute approximate surface area is 71.3 Å². The summed E-state index contributed by atoms with van der Waals surface area (Å²) < 4.78 is 5.55. The Kier molecular flexibility index (Phi) is 2.39. The van der Waals surface area contributed by atoms with Gasteiger partial charge in [-0.25, -0.2) is 0 Å². The van der Waals surface area contributed by atoms with Crippen LogP contribution in [0.15, 0.2) is 12.4 Å². The Morgan fingerprint density at radius 1 is 1.67 bits per heavy atom. The molecule has 2 rings (SSSR count). The average Bonchev–Trinajstić information content (AvgIpc) is 2.59. The SMILES string of the molecule is c1n[nH]cc1CC1CNCCO1. The number of H-pyrrole nitrogens is 1. The lowest BCUT2D eigenvalue weighted by atomic mass is 10.1. The van der Waals surface area contributed by atoms with Gasteiger partial charge in [0.05, 0.1) is 18.9 Å². The van der Waals surface area contributed by atoms with Gasteiger partial charge in [0, 0.05) is 25.7 Å². The maximum Gasteiger partial charge on any atom is 0.0741 e. The van der Waals surface area contributed by atoms with Crippen molar-refractivity contribution in [1.82, 2.24) is 15.5 Å². The van der Waals surface area contributed by atoms with Crippen LogP contribution in [-0.2, 0) is 11.2 Å². The minimum atomic E-state index is 0.316. The van der Waals surface area contributed by atoms with Crippen LogP contribution in [0.3, 0.4) is 0 Å². The van der Waals surface area contributed by atoms with Crippen molar-refractivity contribution in [2.75, 3.05) is 19.7 Å². The third-order valence-electron chi connectivity index (χ3n) is 2.02. The lowest BCUT2D eigenvalue weighted by Crippen LogP contribution is -2.39. The van der Waals surface area contributed by atoms with Crippen molar-refractivity contribution >= 4 is 0 Å². The Balaban J connectivity index is 1.86. The molecule has 1 saturated heterocycles. The lowest BCUT2D eigenvalue weighted by molar-refractivity contribution is 0.0292. The molecular weight excluding hydrogens is 154 g/mol. The highest BCUT2D eigenvalue weighted by Gasteiger charge is 2.13. The number of nitrogens with one attached hydrogen (secondary N) is 2. The highest BCUT2D eigenvalue weighted by atomic mass is 16.5. The highest BCUT2D eigenvalue weighted by molar-refractivity contribution is 5.04. The molecule has 12 heavy (non-hydrogen) atoms. The first-order valence-electron chi connectivity index (χ1n) is 4.25. The van der Waals surface area contributed by atoms with Gasteiger partial charge < -0.3 is 10.1 Å². The van der Waals surface area contributed by atoms with Gasteiger partial charge in [0.15, 0.2) is 0 Å². The lowest BCUT2D eigenvalue weighted by Gasteiger charge is -2.22. The zero-order chi connectivity index (χ0) is 8.23. The molecule has 1 unspecified atom stereocenters. The van der Waals surface area contributed by atoms with Crippen molar-refractivity contribution in [3.8, 4) is 0 Å². The minimum Gasteiger partial charge on any atom is -0.375 e. The number of aromatic amines is 1. The Bertz CT molecular complexity index is 216. The second kappa shape index (κ2) is 3.69. The van der Waals surface area contributed by atoms with Gasteiger partial charge in [-0.2, -0.15) is 5.10 Å². The van der Waals surface area contributed by atoms with Crippen molar-refractivity contribution in [1.29, 1.82) is 0 Å². The zero-order valence-electron chi connectivity index (χ0n) is 6.92. The van der Waals surface area contributed by atoms with E-state index in [1.807, 2.05) is 12.4 Å². The maximum atomic E-state index is 5.55. The van der Waals surface area contributed by atoms with E-state index in [9.17, 15) is 0 Å². The summed E-state index contributed by atoms with van der Waals surface area (Å²) in [5.74, 6) is 0. The summed E-state index contributed by atoms with van der Waals surface area (Å²) in [6.07, 6.45) is 5.02. The van der Waals surface area contributed by atoms with Crippen molar-refractivity contribution in [2.24, 2.45) is 0 Å². The van der Waals surface area contributed by atoms with Crippen LogP contribution in [-0.4, -0.2) is 36.0 Å². The van der Waals surface area contributed by atoms with Gasteiger partial charge in [0.2, 0.25) is 0 Å². The average molecular weight is 167 g/mol. The Hall–Kier alpha value is -0.870. The van der Waals surface area contributed by atoms with Crippen LogP contribution in [0.5, 0.6) is 0 Å². The summed E-state index contributed by atoms with van der Waals surface area (Å²) in [4.78, 5) is 0. The molecule has 0 saturated carbocycles. The standard InChI is InChI=1S/C8H13N3O/c1-2-12-8(6-9-1)3-7-4-10-11-5-7/h4-5,8-9H,1-3,6H2,(H,10,11). The molecule has 1 aliphatic heterocycles. The second-order valence-corrected chi connectivity index (χ2v) is 3.01. The van der Waals surface area contributed by atoms with Gasteiger partial charge in [-0.05, 0) is 5.56 Å². The van der Waals surface area contributed by atoms with Gasteiger partial charge in [-0.3, -0.25) is 5.10 Å². The van der Waals surface area contributed by atoms with E-state index in [0.717, 1.165) is 26.1 Å². The van der Waals surface area contributed by atoms with Gasteiger partial charge in [0.25, 0.3) is 0 Å². The summed E-state index contributed by atoms with van der Waals surface area (Å²) >= 11 is 0. The fourth-order valence-electron chi connectivity index (χ4n) is 1.40. The summed E-state index contributed by atoms with van der Waals surface area (Å²) in [6, 6.07) is 0. The van der Waals surface area contributed by atoms with Gasteiger partial charge in [-0.1, -0.05) is 0 Å². The Morgan fingerprint density at radius 3 is 3.33 bits per heavy atom. The number of hydrogen-bond donors (Lipinski definition) is 2. The molecule has 0 spiro atoms. The predicted octanol–water partition coefficient (Wildman–Crippen LogP) is -0.0594. The Morgan fingerprint density at radius 2 is 2.67 bits per heavy atom. The molecule has 0 bridgehead atoms. The van der Waals surface area contributed by atoms with E-state index in [-0.39, 0.29) is 0 Å². The third kappa shape index (κ3) is 1.84. The van der Waals surface area contributed by atoms with Crippen LogP contribution in [0.2, 0.25) is 0 Å². The first-order chi connectivity index (χ1) is 5.95. The summed E-state index contributed by atoms with van der Waals surface area (Å²) in [5.41, 5.74) is 1.21. The zero-order valence-corrected chi connectivity index (χ0v) is 6.92. The molecule has 4 heteroatoms. The maximum absolute atomic E-state index is 5.55. The summed E-state index contributed by atoms with van der Waals surface area (Å²) in [6.45, 7) is 2.75. The van der Waals surface area contributed by atoms with Crippen molar-refractivity contribution in [3.05, 3.63) is 18.0 Å². The molecule has 66 valence electrons. The topological polar surface area (TPSA) is 49.9 Å². The first-order valence-corrected chi connectivity index (χ1v) is 4.25. The van der Waals surface area contributed by atoms with Gasteiger partial charge in [0.1, 0.15) is 0 Å². The van der Waals surface area contributed by atoms with Crippen LogP contribution < -0.4 is 5.32 Å². The molecule has 1 aliphatic rings. The van der Waals surface area contributed by atoms with Crippen molar-refractivity contribution in [3.63, 3.8) is 0 Å². The number of ether oxygens (including phenoxy) is 1. The van der Waals surface area contributed by atoms with E-state index >= 15 is 0 Å². The molecule has 2 heterocycles. The second-order valence-electron chi connectivity index (χ2n) is 3.01. The molecule has 2 N–H and O–H groups in total. The van der Waals surface area contributed by atoms with Crippen LogP contribution in [0, 0.1) is 0 Å². The number of aromatic nitrogens is 2. The van der Waals surface area contributed by atoms with Crippen LogP contribution in [0.4, 0.5) is 0 Å².